The van der Waals surface area contributed by atoms with Gasteiger partial charge in [0, 0.05) is 0 Å². The zero-order valence-corrected chi connectivity index (χ0v) is 14.1. The van der Waals surface area contributed by atoms with E-state index in [0.717, 1.165) is 24.5 Å². The molecule has 0 heterocycles. The van der Waals surface area contributed by atoms with Crippen molar-refractivity contribution >= 4 is 0 Å². The van der Waals surface area contributed by atoms with Gasteiger partial charge < -0.3 is 9.84 Å². The number of ether oxygens (including phenoxy) is 1. The number of rotatable bonds is 3. The lowest BCUT2D eigenvalue weighted by Gasteiger charge is -2.50. The Morgan fingerprint density at radius 1 is 1.30 bits per heavy atom. The lowest BCUT2D eigenvalue weighted by atomic mass is 9.55. The second-order valence-electron chi connectivity index (χ2n) is 8.01. The number of hydrogen-bond donors (Lipinski definition) is 1. The second kappa shape index (κ2) is 5.66. The van der Waals surface area contributed by atoms with Crippen LogP contribution in [0.2, 0.25) is 0 Å². The molecule has 0 aliphatic heterocycles. The zero-order chi connectivity index (χ0) is 16.0. The third-order valence-corrected chi connectivity index (χ3v) is 7.02. The summed E-state index contributed by atoms with van der Waals surface area (Å²) in [5.74, 6) is 3.13. The van der Waals surface area contributed by atoms with E-state index in [1.54, 1.807) is 11.6 Å². The molecule has 0 bridgehead atoms. The van der Waals surface area contributed by atoms with E-state index in [4.69, 9.17) is 4.74 Å². The largest absolute Gasteiger partial charge is 0.490 e. The number of aryl methyl sites for hydroxylation is 1. The van der Waals surface area contributed by atoms with Gasteiger partial charge in [-0.05, 0) is 85.0 Å². The van der Waals surface area contributed by atoms with E-state index in [-0.39, 0.29) is 11.5 Å². The summed E-state index contributed by atoms with van der Waals surface area (Å²) < 4.78 is 5.71. The Hall–Kier alpha value is -1.28. The summed E-state index contributed by atoms with van der Waals surface area (Å²) in [5.41, 5.74) is 3.21. The minimum Gasteiger partial charge on any atom is -0.490 e. The monoisotopic (exact) mass is 312 g/mol. The number of aliphatic hydroxyl groups excluding tert-OH is 1. The van der Waals surface area contributed by atoms with Crippen molar-refractivity contribution in [3.63, 3.8) is 0 Å². The van der Waals surface area contributed by atoms with E-state index in [1.165, 1.54) is 31.2 Å². The zero-order valence-electron chi connectivity index (χ0n) is 14.1. The van der Waals surface area contributed by atoms with Gasteiger partial charge in [0.15, 0.2) is 0 Å². The van der Waals surface area contributed by atoms with Crippen LogP contribution in [0, 0.1) is 17.3 Å². The van der Waals surface area contributed by atoms with E-state index < -0.39 is 0 Å². The molecule has 23 heavy (non-hydrogen) atoms. The number of hydrogen-bond acceptors (Lipinski definition) is 2. The number of benzene rings is 1. The van der Waals surface area contributed by atoms with Crippen LogP contribution >= 0.6 is 0 Å². The molecule has 3 aliphatic carbocycles. The summed E-state index contributed by atoms with van der Waals surface area (Å²) in [6.07, 6.45) is 8.77. The molecule has 2 saturated carbocycles. The summed E-state index contributed by atoms with van der Waals surface area (Å²) in [6, 6.07) is 6.67. The molecule has 1 aromatic rings. The lowest BCUT2D eigenvalue weighted by molar-refractivity contribution is -0.0226. The van der Waals surface area contributed by atoms with Crippen LogP contribution in [0.25, 0.3) is 0 Å². The fourth-order valence-corrected chi connectivity index (χ4v) is 5.78. The summed E-state index contributed by atoms with van der Waals surface area (Å²) >= 11 is 0. The van der Waals surface area contributed by atoms with E-state index in [9.17, 15) is 5.11 Å². The van der Waals surface area contributed by atoms with Crippen molar-refractivity contribution in [2.45, 2.75) is 57.5 Å². The van der Waals surface area contributed by atoms with Crippen LogP contribution in [0.5, 0.6) is 5.75 Å². The Bertz CT molecular complexity index is 608. The first-order chi connectivity index (χ1) is 11.1. The van der Waals surface area contributed by atoms with Crippen molar-refractivity contribution in [3.05, 3.63) is 42.0 Å². The standard InChI is InChI=1S/C21H28O2/c1-3-12-23-15-5-7-16-14(13-15)4-6-18-17(16)10-11-21(2)19(18)8-9-20(21)22/h3,5,7,13,17-20,22H,1,4,6,8-12H2,2H3/t17-,18?,19+,20+,21+/m1/s1. The normalized spacial score (nSPS) is 38.3. The van der Waals surface area contributed by atoms with E-state index in [2.05, 4.69) is 31.7 Å². The molecule has 1 N–H and O–H groups in total. The first-order valence-corrected chi connectivity index (χ1v) is 9.18. The molecule has 0 radical (unpaired) electrons. The summed E-state index contributed by atoms with van der Waals surface area (Å²) in [7, 11) is 0. The predicted octanol–water partition coefficient (Wildman–Crippen LogP) is 4.47. The molecule has 3 aliphatic rings. The van der Waals surface area contributed by atoms with Gasteiger partial charge in [0.1, 0.15) is 12.4 Å². The van der Waals surface area contributed by atoms with E-state index in [1.807, 2.05) is 0 Å². The van der Waals surface area contributed by atoms with Gasteiger partial charge in [-0.3, -0.25) is 0 Å². The van der Waals surface area contributed by atoms with E-state index in [0.29, 0.717) is 18.4 Å². The van der Waals surface area contributed by atoms with Crippen molar-refractivity contribution in [1.82, 2.24) is 0 Å². The van der Waals surface area contributed by atoms with Crippen molar-refractivity contribution in [2.24, 2.45) is 17.3 Å². The molecule has 1 aromatic carbocycles. The number of aliphatic hydroxyl groups is 1. The summed E-state index contributed by atoms with van der Waals surface area (Å²) in [4.78, 5) is 0. The smallest absolute Gasteiger partial charge is 0.120 e. The van der Waals surface area contributed by atoms with Crippen LogP contribution in [0.3, 0.4) is 0 Å². The van der Waals surface area contributed by atoms with Crippen molar-refractivity contribution in [2.75, 3.05) is 6.61 Å². The van der Waals surface area contributed by atoms with Gasteiger partial charge in [-0.1, -0.05) is 25.6 Å². The topological polar surface area (TPSA) is 29.5 Å². The van der Waals surface area contributed by atoms with Gasteiger partial charge in [-0.25, -0.2) is 0 Å². The molecule has 124 valence electrons. The van der Waals surface area contributed by atoms with Gasteiger partial charge in [0.05, 0.1) is 6.10 Å². The first-order valence-electron chi connectivity index (χ1n) is 9.18. The maximum Gasteiger partial charge on any atom is 0.120 e. The minimum atomic E-state index is -0.0791. The molecule has 2 nitrogen and oxygen atoms in total. The SMILES string of the molecule is C=CCOc1ccc2c(c1)CCC1[C@@H]2CC[C@]2(C)[C@@H](O)CC[C@@H]12. The van der Waals surface area contributed by atoms with Gasteiger partial charge in [0.2, 0.25) is 0 Å². The summed E-state index contributed by atoms with van der Waals surface area (Å²) in [6.45, 7) is 6.63. The minimum absolute atomic E-state index is 0.0791. The second-order valence-corrected chi connectivity index (χ2v) is 8.01. The molecule has 0 amide bonds. The third kappa shape index (κ3) is 2.34. The summed E-state index contributed by atoms with van der Waals surface area (Å²) in [5, 5.41) is 10.5. The molecule has 0 spiro atoms. The van der Waals surface area contributed by atoms with Gasteiger partial charge in [0.25, 0.3) is 0 Å². The molecule has 1 unspecified atom stereocenters. The molecular formula is C21H28O2. The molecule has 0 aromatic heterocycles. The fourth-order valence-electron chi connectivity index (χ4n) is 5.78. The van der Waals surface area contributed by atoms with Crippen LogP contribution < -0.4 is 4.74 Å². The Balaban J connectivity index is 1.61. The highest BCUT2D eigenvalue weighted by molar-refractivity contribution is 5.40. The molecule has 2 fully saturated rings. The highest BCUT2D eigenvalue weighted by Gasteiger charge is 2.54. The Morgan fingerprint density at radius 3 is 3.00 bits per heavy atom. The molecule has 2 heteroatoms. The molecule has 0 saturated heterocycles. The predicted molar refractivity (Wildman–Crippen MR) is 92.8 cm³/mol. The van der Waals surface area contributed by atoms with Gasteiger partial charge in [-0.15, -0.1) is 0 Å². The Morgan fingerprint density at radius 2 is 2.17 bits per heavy atom. The average Bonchev–Trinajstić information content (AvgIpc) is 2.88. The van der Waals surface area contributed by atoms with E-state index >= 15 is 0 Å². The quantitative estimate of drug-likeness (QED) is 0.835. The number of fused-ring (bicyclic) bond motifs is 5. The van der Waals surface area contributed by atoms with Gasteiger partial charge in [-0.2, -0.15) is 0 Å². The van der Waals surface area contributed by atoms with Crippen molar-refractivity contribution in [3.8, 4) is 5.75 Å². The van der Waals surface area contributed by atoms with Crippen LogP contribution in [0.1, 0.15) is 56.1 Å². The Kier molecular flexibility index (Phi) is 3.76. The van der Waals surface area contributed by atoms with Crippen molar-refractivity contribution < 1.29 is 9.84 Å². The Labute approximate surface area is 139 Å². The maximum atomic E-state index is 10.5. The fraction of sp³-hybridized carbons (Fsp3) is 0.619. The van der Waals surface area contributed by atoms with Gasteiger partial charge >= 0.3 is 0 Å². The maximum absolute atomic E-state index is 10.5. The first kappa shape index (κ1) is 15.3. The average molecular weight is 312 g/mol. The van der Waals surface area contributed by atoms with Crippen LogP contribution in [0.15, 0.2) is 30.9 Å². The molecule has 5 atom stereocenters. The lowest BCUT2D eigenvalue weighted by Crippen LogP contribution is -2.43. The van der Waals surface area contributed by atoms with Crippen LogP contribution in [-0.4, -0.2) is 17.8 Å². The molecule has 4 rings (SSSR count). The highest BCUT2D eigenvalue weighted by Crippen LogP contribution is 2.60. The third-order valence-electron chi connectivity index (χ3n) is 7.02. The highest BCUT2D eigenvalue weighted by atomic mass is 16.5. The van der Waals surface area contributed by atoms with Crippen LogP contribution in [-0.2, 0) is 6.42 Å². The van der Waals surface area contributed by atoms with Crippen molar-refractivity contribution in [1.29, 1.82) is 0 Å². The molecular weight excluding hydrogens is 284 g/mol. The van der Waals surface area contributed by atoms with Crippen LogP contribution in [0.4, 0.5) is 0 Å².